The van der Waals surface area contributed by atoms with E-state index in [2.05, 4.69) is 9.88 Å². The second-order valence-electron chi connectivity index (χ2n) is 9.82. The molecule has 0 atom stereocenters. The molecule has 0 unspecified atom stereocenters. The highest BCUT2D eigenvalue weighted by Crippen LogP contribution is 2.23. The van der Waals surface area contributed by atoms with Crippen molar-refractivity contribution in [2.75, 3.05) is 62.2 Å². The predicted molar refractivity (Wildman–Crippen MR) is 137 cm³/mol. The Morgan fingerprint density at radius 1 is 0.861 bits per heavy atom. The van der Waals surface area contributed by atoms with E-state index in [0.29, 0.717) is 63.5 Å². The summed E-state index contributed by atoms with van der Waals surface area (Å²) in [6.07, 6.45) is -0.627. The molecule has 11 heteroatoms. The average Bonchev–Trinajstić information content (AvgIpc) is 2.87. The van der Waals surface area contributed by atoms with Crippen LogP contribution in [0.1, 0.15) is 26.3 Å². The Morgan fingerprint density at radius 3 is 2.06 bits per heavy atom. The van der Waals surface area contributed by atoms with E-state index >= 15 is 0 Å². The third kappa shape index (κ3) is 6.90. The highest BCUT2D eigenvalue weighted by atomic mass is 35.5. The van der Waals surface area contributed by atoms with E-state index < -0.39 is 5.60 Å². The molecule has 0 saturated carbocycles. The van der Waals surface area contributed by atoms with Gasteiger partial charge < -0.3 is 29.1 Å². The number of hydrogen-bond acceptors (Lipinski definition) is 8. The first-order valence-electron chi connectivity index (χ1n) is 12.2. The second-order valence-corrected chi connectivity index (χ2v) is 10.2. The summed E-state index contributed by atoms with van der Waals surface area (Å²) >= 11 is 6.35. The predicted octanol–water partition coefficient (Wildman–Crippen LogP) is 3.65. The van der Waals surface area contributed by atoms with Crippen LogP contribution < -0.4 is 9.80 Å². The van der Waals surface area contributed by atoms with Crippen molar-refractivity contribution < 1.29 is 19.1 Å². The number of nitrogens with zero attached hydrogens (tertiary/aromatic N) is 6. The first kappa shape index (κ1) is 25.8. The molecule has 0 spiro atoms. The maximum Gasteiger partial charge on any atom is 0.410 e. The highest BCUT2D eigenvalue weighted by Gasteiger charge is 2.28. The monoisotopic (exact) mass is 516 g/mol. The number of ether oxygens (including phenoxy) is 2. The third-order valence-electron chi connectivity index (χ3n) is 5.95. The molecule has 0 radical (unpaired) electrons. The maximum atomic E-state index is 12.5. The van der Waals surface area contributed by atoms with Crippen molar-refractivity contribution in [2.24, 2.45) is 0 Å². The summed E-state index contributed by atoms with van der Waals surface area (Å²) in [7, 11) is 0. The Hall–Kier alpha value is -3.27. The van der Waals surface area contributed by atoms with Gasteiger partial charge >= 0.3 is 12.2 Å². The number of carbonyl (C=O) groups is 2. The van der Waals surface area contributed by atoms with Gasteiger partial charge in [0.25, 0.3) is 0 Å². The Labute approximate surface area is 216 Å². The zero-order valence-electron chi connectivity index (χ0n) is 21.0. The molecule has 2 amide bonds. The summed E-state index contributed by atoms with van der Waals surface area (Å²) in [4.78, 5) is 41.5. The Bertz CT molecular complexity index is 1050. The van der Waals surface area contributed by atoms with E-state index in [0.717, 1.165) is 11.4 Å². The number of hydrogen-bond donors (Lipinski definition) is 0. The number of halogens is 1. The summed E-state index contributed by atoms with van der Waals surface area (Å²) in [6.45, 7) is 10.3. The summed E-state index contributed by atoms with van der Waals surface area (Å²) in [6, 6.07) is 11.4. The standard InChI is InChI=1S/C25H33ClN6O4/c1-25(2,3)36-24(34)32-15-11-30(12-16-32)22-27-20(26)17-21(28-22)29-9-13-31(14-10-29)23(33)35-18-19-7-5-4-6-8-19/h4-8,17H,9-16,18H2,1-3H3. The normalized spacial score (nSPS) is 16.7. The van der Waals surface area contributed by atoms with Crippen LogP contribution in [-0.2, 0) is 16.1 Å². The molecule has 10 nitrogen and oxygen atoms in total. The first-order valence-corrected chi connectivity index (χ1v) is 12.5. The van der Waals surface area contributed by atoms with Crippen molar-refractivity contribution in [2.45, 2.75) is 33.0 Å². The summed E-state index contributed by atoms with van der Waals surface area (Å²) < 4.78 is 10.9. The molecule has 3 heterocycles. The molecule has 2 aromatic rings. The number of piperazine rings is 2. The van der Waals surface area contributed by atoms with E-state index in [1.165, 1.54) is 0 Å². The van der Waals surface area contributed by atoms with Crippen LogP contribution in [0.15, 0.2) is 36.4 Å². The molecular weight excluding hydrogens is 484 g/mol. The van der Waals surface area contributed by atoms with Gasteiger partial charge in [-0.25, -0.2) is 14.6 Å². The van der Waals surface area contributed by atoms with Crippen LogP contribution in [0.2, 0.25) is 5.15 Å². The van der Waals surface area contributed by atoms with Crippen molar-refractivity contribution in [1.29, 1.82) is 0 Å². The fourth-order valence-corrected chi connectivity index (χ4v) is 4.21. The van der Waals surface area contributed by atoms with Crippen molar-refractivity contribution in [1.82, 2.24) is 19.8 Å². The van der Waals surface area contributed by atoms with Crippen LogP contribution in [0.3, 0.4) is 0 Å². The van der Waals surface area contributed by atoms with E-state index in [-0.39, 0.29) is 18.8 Å². The zero-order valence-corrected chi connectivity index (χ0v) is 21.8. The third-order valence-corrected chi connectivity index (χ3v) is 6.14. The number of benzene rings is 1. The zero-order chi connectivity index (χ0) is 25.7. The van der Waals surface area contributed by atoms with Crippen molar-refractivity contribution in [3.63, 3.8) is 0 Å². The molecule has 0 aliphatic carbocycles. The second kappa shape index (κ2) is 11.2. The SMILES string of the molecule is CC(C)(C)OC(=O)N1CCN(c2nc(Cl)cc(N3CCN(C(=O)OCc4ccccc4)CC3)n2)CC1. The van der Waals surface area contributed by atoms with Gasteiger partial charge in [0.05, 0.1) is 0 Å². The van der Waals surface area contributed by atoms with Gasteiger partial charge in [-0.15, -0.1) is 0 Å². The molecule has 2 fully saturated rings. The minimum Gasteiger partial charge on any atom is -0.445 e. The van der Waals surface area contributed by atoms with E-state index in [1.807, 2.05) is 56.0 Å². The van der Waals surface area contributed by atoms with Crippen molar-refractivity contribution in [3.05, 3.63) is 47.1 Å². The highest BCUT2D eigenvalue weighted by molar-refractivity contribution is 6.29. The quantitative estimate of drug-likeness (QED) is 0.569. The molecule has 1 aromatic carbocycles. The van der Waals surface area contributed by atoms with Crippen LogP contribution in [-0.4, -0.2) is 89.9 Å². The van der Waals surface area contributed by atoms with Gasteiger partial charge in [-0.05, 0) is 26.3 Å². The molecule has 0 N–H and O–H groups in total. The van der Waals surface area contributed by atoms with Gasteiger partial charge in [0.2, 0.25) is 5.95 Å². The van der Waals surface area contributed by atoms with Crippen LogP contribution in [0.25, 0.3) is 0 Å². The Morgan fingerprint density at radius 2 is 1.44 bits per heavy atom. The summed E-state index contributed by atoms with van der Waals surface area (Å²) in [5.41, 5.74) is 0.432. The molecule has 36 heavy (non-hydrogen) atoms. The first-order chi connectivity index (χ1) is 17.2. The lowest BCUT2D eigenvalue weighted by atomic mass is 10.2. The molecule has 1 aromatic heterocycles. The molecule has 194 valence electrons. The number of anilines is 2. The molecule has 2 aliphatic rings. The van der Waals surface area contributed by atoms with Gasteiger partial charge in [0.15, 0.2) is 0 Å². The van der Waals surface area contributed by atoms with Crippen molar-refractivity contribution >= 4 is 35.6 Å². The number of amides is 2. The van der Waals surface area contributed by atoms with Crippen LogP contribution in [0, 0.1) is 0 Å². The maximum absolute atomic E-state index is 12.5. The Kier molecular flexibility index (Phi) is 8.03. The summed E-state index contributed by atoms with van der Waals surface area (Å²) in [5.74, 6) is 1.25. The van der Waals surface area contributed by atoms with Crippen LogP contribution >= 0.6 is 11.6 Å². The number of carbonyl (C=O) groups excluding carboxylic acids is 2. The minimum absolute atomic E-state index is 0.256. The molecule has 2 saturated heterocycles. The van der Waals surface area contributed by atoms with Gasteiger partial charge in [-0.1, -0.05) is 41.9 Å². The number of aromatic nitrogens is 2. The fraction of sp³-hybridized carbons (Fsp3) is 0.520. The van der Waals surface area contributed by atoms with E-state index in [4.69, 9.17) is 26.1 Å². The Balaban J connectivity index is 1.30. The van der Waals surface area contributed by atoms with E-state index in [9.17, 15) is 9.59 Å². The topological polar surface area (TPSA) is 91.3 Å². The molecular formula is C25H33ClN6O4. The lowest BCUT2D eigenvalue weighted by molar-refractivity contribution is 0.0240. The number of rotatable bonds is 4. The smallest absolute Gasteiger partial charge is 0.410 e. The lowest BCUT2D eigenvalue weighted by Gasteiger charge is -2.37. The molecule has 2 aliphatic heterocycles. The largest absolute Gasteiger partial charge is 0.445 e. The van der Waals surface area contributed by atoms with Gasteiger partial charge in [0.1, 0.15) is 23.2 Å². The van der Waals surface area contributed by atoms with E-state index in [1.54, 1.807) is 15.9 Å². The molecule has 0 bridgehead atoms. The average molecular weight is 517 g/mol. The van der Waals surface area contributed by atoms with Gasteiger partial charge in [0, 0.05) is 58.4 Å². The van der Waals surface area contributed by atoms with Crippen LogP contribution in [0.5, 0.6) is 0 Å². The van der Waals surface area contributed by atoms with Crippen molar-refractivity contribution in [3.8, 4) is 0 Å². The lowest BCUT2D eigenvalue weighted by Crippen LogP contribution is -2.51. The fourth-order valence-electron chi connectivity index (χ4n) is 4.04. The summed E-state index contributed by atoms with van der Waals surface area (Å²) in [5, 5.41) is 0.356. The molecule has 4 rings (SSSR count). The van der Waals surface area contributed by atoms with Gasteiger partial charge in [-0.2, -0.15) is 4.98 Å². The minimum atomic E-state index is -0.526. The van der Waals surface area contributed by atoms with Gasteiger partial charge in [-0.3, -0.25) is 0 Å². The van der Waals surface area contributed by atoms with Crippen LogP contribution in [0.4, 0.5) is 21.4 Å².